The van der Waals surface area contributed by atoms with Gasteiger partial charge in [-0.05, 0) is 19.1 Å². The Morgan fingerprint density at radius 2 is 2.33 bits per heavy atom. The van der Waals surface area contributed by atoms with E-state index in [1.807, 2.05) is 13.0 Å². The van der Waals surface area contributed by atoms with Crippen molar-refractivity contribution in [3.63, 3.8) is 0 Å². The van der Waals surface area contributed by atoms with Crippen LogP contribution in [0.3, 0.4) is 0 Å². The lowest BCUT2D eigenvalue weighted by molar-refractivity contribution is 0.277. The molecule has 2 aromatic heterocycles. The first-order valence-corrected chi connectivity index (χ1v) is 3.72. The minimum absolute atomic E-state index is 0.0398. The molecule has 2 rings (SSSR count). The zero-order valence-corrected chi connectivity index (χ0v) is 6.70. The maximum absolute atomic E-state index is 8.80. The third kappa shape index (κ3) is 0.967. The van der Waals surface area contributed by atoms with Crippen molar-refractivity contribution in [2.24, 2.45) is 0 Å². The Morgan fingerprint density at radius 1 is 1.50 bits per heavy atom. The van der Waals surface area contributed by atoms with Crippen molar-refractivity contribution < 1.29 is 5.11 Å². The standard InChI is InChI=1S/C8H9N3O/c1-5-7-3-2-6(4-12)9-8(7)11-10-5/h2-3,12H,4H2,1H3,(H,9,10,11). The number of pyridine rings is 1. The van der Waals surface area contributed by atoms with Gasteiger partial charge in [0, 0.05) is 11.1 Å². The topological polar surface area (TPSA) is 61.8 Å². The molecule has 0 aliphatic rings. The molecule has 2 heterocycles. The monoisotopic (exact) mass is 163 g/mol. The van der Waals surface area contributed by atoms with Gasteiger partial charge in [0.2, 0.25) is 0 Å². The predicted molar refractivity (Wildman–Crippen MR) is 44.5 cm³/mol. The molecule has 0 fully saturated rings. The number of aryl methyl sites for hydroxylation is 1. The van der Waals surface area contributed by atoms with E-state index in [9.17, 15) is 0 Å². The number of aromatic amines is 1. The Kier molecular flexibility index (Phi) is 1.55. The summed E-state index contributed by atoms with van der Waals surface area (Å²) in [6, 6.07) is 3.71. The van der Waals surface area contributed by atoms with Crippen LogP contribution in [0.5, 0.6) is 0 Å². The van der Waals surface area contributed by atoms with E-state index in [0.717, 1.165) is 11.1 Å². The largest absolute Gasteiger partial charge is 0.390 e. The number of hydrogen-bond acceptors (Lipinski definition) is 3. The van der Waals surface area contributed by atoms with Crippen LogP contribution in [0.4, 0.5) is 0 Å². The minimum atomic E-state index is -0.0398. The van der Waals surface area contributed by atoms with Gasteiger partial charge in [-0.1, -0.05) is 0 Å². The summed E-state index contributed by atoms with van der Waals surface area (Å²) < 4.78 is 0. The van der Waals surface area contributed by atoms with E-state index in [-0.39, 0.29) is 6.61 Å². The minimum Gasteiger partial charge on any atom is -0.390 e. The number of nitrogens with zero attached hydrogens (tertiary/aromatic N) is 2. The predicted octanol–water partition coefficient (Wildman–Crippen LogP) is 0.759. The molecular weight excluding hydrogens is 154 g/mol. The summed E-state index contributed by atoms with van der Waals surface area (Å²) in [5, 5.41) is 16.6. The van der Waals surface area contributed by atoms with Crippen LogP contribution in [0.1, 0.15) is 11.4 Å². The summed E-state index contributed by atoms with van der Waals surface area (Å²) in [4.78, 5) is 4.12. The second-order valence-corrected chi connectivity index (χ2v) is 2.68. The molecule has 2 N–H and O–H groups in total. The third-order valence-corrected chi connectivity index (χ3v) is 1.83. The Balaban J connectivity index is 2.69. The van der Waals surface area contributed by atoms with E-state index >= 15 is 0 Å². The number of fused-ring (bicyclic) bond motifs is 1. The molecule has 0 saturated carbocycles. The lowest BCUT2D eigenvalue weighted by atomic mass is 10.2. The highest BCUT2D eigenvalue weighted by Gasteiger charge is 2.02. The molecule has 4 nitrogen and oxygen atoms in total. The molecule has 0 unspecified atom stereocenters. The number of aliphatic hydroxyl groups excluding tert-OH is 1. The third-order valence-electron chi connectivity index (χ3n) is 1.83. The highest BCUT2D eigenvalue weighted by molar-refractivity contribution is 5.77. The maximum atomic E-state index is 8.80. The molecule has 4 heteroatoms. The number of rotatable bonds is 1. The molecule has 0 atom stereocenters. The number of hydrogen-bond donors (Lipinski definition) is 2. The van der Waals surface area contributed by atoms with Crippen LogP contribution in [-0.2, 0) is 6.61 Å². The summed E-state index contributed by atoms with van der Waals surface area (Å²) >= 11 is 0. The Hall–Kier alpha value is -1.42. The molecular formula is C8H9N3O. The van der Waals surface area contributed by atoms with Gasteiger partial charge < -0.3 is 5.11 Å². The first kappa shape index (κ1) is 7.24. The first-order chi connectivity index (χ1) is 5.81. The Labute approximate surface area is 69.3 Å². The van der Waals surface area contributed by atoms with Crippen LogP contribution >= 0.6 is 0 Å². The van der Waals surface area contributed by atoms with Gasteiger partial charge in [0.1, 0.15) is 0 Å². The van der Waals surface area contributed by atoms with Crippen molar-refractivity contribution in [1.29, 1.82) is 0 Å². The van der Waals surface area contributed by atoms with E-state index in [0.29, 0.717) is 11.3 Å². The number of aliphatic hydroxyl groups is 1. The molecule has 0 aliphatic heterocycles. The molecule has 0 saturated heterocycles. The van der Waals surface area contributed by atoms with Gasteiger partial charge in [-0.2, -0.15) is 5.10 Å². The van der Waals surface area contributed by atoms with Crippen molar-refractivity contribution in [3.8, 4) is 0 Å². The SMILES string of the molecule is Cc1[nH]nc2nc(CO)ccc12. The number of H-pyrrole nitrogens is 1. The summed E-state index contributed by atoms with van der Waals surface area (Å²) in [6.07, 6.45) is 0. The van der Waals surface area contributed by atoms with Crippen LogP contribution < -0.4 is 0 Å². The molecule has 62 valence electrons. The highest BCUT2D eigenvalue weighted by atomic mass is 16.3. The zero-order valence-electron chi connectivity index (χ0n) is 6.70. The van der Waals surface area contributed by atoms with Gasteiger partial charge >= 0.3 is 0 Å². The number of nitrogens with one attached hydrogen (secondary N) is 1. The van der Waals surface area contributed by atoms with E-state index in [1.54, 1.807) is 6.07 Å². The summed E-state index contributed by atoms with van der Waals surface area (Å²) in [5.41, 5.74) is 2.31. The van der Waals surface area contributed by atoms with Crippen molar-refractivity contribution in [3.05, 3.63) is 23.5 Å². The van der Waals surface area contributed by atoms with Gasteiger partial charge in [0.25, 0.3) is 0 Å². The number of aromatic nitrogens is 3. The van der Waals surface area contributed by atoms with Crippen molar-refractivity contribution in [1.82, 2.24) is 15.2 Å². The van der Waals surface area contributed by atoms with Crippen molar-refractivity contribution in [2.45, 2.75) is 13.5 Å². The van der Waals surface area contributed by atoms with Gasteiger partial charge in [-0.15, -0.1) is 0 Å². The summed E-state index contributed by atoms with van der Waals surface area (Å²) in [7, 11) is 0. The molecule has 0 spiro atoms. The van der Waals surface area contributed by atoms with Crippen LogP contribution in [0, 0.1) is 6.92 Å². The molecule has 0 bridgehead atoms. The van der Waals surface area contributed by atoms with Gasteiger partial charge in [0.15, 0.2) is 5.65 Å². The molecule has 0 aliphatic carbocycles. The van der Waals surface area contributed by atoms with E-state index in [4.69, 9.17) is 5.11 Å². The molecule has 2 aromatic rings. The van der Waals surface area contributed by atoms with Crippen LogP contribution in [0.15, 0.2) is 12.1 Å². The average Bonchev–Trinajstić information content (AvgIpc) is 2.47. The fourth-order valence-electron chi connectivity index (χ4n) is 1.15. The van der Waals surface area contributed by atoms with Crippen LogP contribution in [0.2, 0.25) is 0 Å². The smallest absolute Gasteiger partial charge is 0.181 e. The molecule has 0 radical (unpaired) electrons. The second kappa shape index (κ2) is 2.57. The Bertz CT molecular complexity index is 408. The lowest BCUT2D eigenvalue weighted by Crippen LogP contribution is -1.88. The van der Waals surface area contributed by atoms with Gasteiger partial charge in [-0.3, -0.25) is 5.10 Å². The lowest BCUT2D eigenvalue weighted by Gasteiger charge is -1.93. The van der Waals surface area contributed by atoms with Gasteiger partial charge in [0.05, 0.1) is 12.3 Å². The van der Waals surface area contributed by atoms with E-state index < -0.39 is 0 Å². The van der Waals surface area contributed by atoms with Crippen molar-refractivity contribution in [2.75, 3.05) is 0 Å². The second-order valence-electron chi connectivity index (χ2n) is 2.68. The highest BCUT2D eigenvalue weighted by Crippen LogP contribution is 2.12. The molecule has 0 aromatic carbocycles. The fraction of sp³-hybridized carbons (Fsp3) is 0.250. The zero-order chi connectivity index (χ0) is 8.55. The normalized spacial score (nSPS) is 10.8. The van der Waals surface area contributed by atoms with E-state index in [1.165, 1.54) is 0 Å². The maximum Gasteiger partial charge on any atom is 0.181 e. The summed E-state index contributed by atoms with van der Waals surface area (Å²) in [6.45, 7) is 1.90. The average molecular weight is 163 g/mol. The van der Waals surface area contributed by atoms with Crippen LogP contribution in [0.25, 0.3) is 11.0 Å². The molecule has 12 heavy (non-hydrogen) atoms. The van der Waals surface area contributed by atoms with Crippen molar-refractivity contribution >= 4 is 11.0 Å². The summed E-state index contributed by atoms with van der Waals surface area (Å²) in [5.74, 6) is 0. The fourth-order valence-corrected chi connectivity index (χ4v) is 1.15. The quantitative estimate of drug-likeness (QED) is 0.652. The van der Waals surface area contributed by atoms with Crippen LogP contribution in [-0.4, -0.2) is 20.3 Å². The Morgan fingerprint density at radius 3 is 3.08 bits per heavy atom. The molecule has 0 amide bonds. The first-order valence-electron chi connectivity index (χ1n) is 3.72. The van der Waals surface area contributed by atoms with E-state index in [2.05, 4.69) is 15.2 Å². The van der Waals surface area contributed by atoms with Gasteiger partial charge in [-0.25, -0.2) is 4.98 Å².